The van der Waals surface area contributed by atoms with Crippen molar-refractivity contribution in [2.24, 2.45) is 0 Å². The van der Waals surface area contributed by atoms with Crippen LogP contribution in [0.5, 0.6) is 0 Å². The van der Waals surface area contributed by atoms with Crippen molar-refractivity contribution in [3.8, 4) is 0 Å². The van der Waals surface area contributed by atoms with Gasteiger partial charge in [-0.1, -0.05) is 0 Å². The molecule has 1 aromatic heterocycles. The van der Waals surface area contributed by atoms with Gasteiger partial charge in [-0.05, 0) is 23.3 Å². The predicted octanol–water partition coefficient (Wildman–Crippen LogP) is 1.38. The summed E-state index contributed by atoms with van der Waals surface area (Å²) >= 11 is 0. The number of fused-ring (bicyclic) bond motifs is 1. The van der Waals surface area contributed by atoms with Gasteiger partial charge in [0.25, 0.3) is 0 Å². The fraction of sp³-hybridized carbons (Fsp3) is 0.125. The molecule has 0 aliphatic rings. The van der Waals surface area contributed by atoms with Gasteiger partial charge in [0, 0.05) is 12.6 Å². The molecular formula is C8H7N4O3. The van der Waals surface area contributed by atoms with Gasteiger partial charge in [-0.2, -0.15) is 0 Å². The van der Waals surface area contributed by atoms with Gasteiger partial charge in [-0.15, -0.1) is 0 Å². The summed E-state index contributed by atoms with van der Waals surface area (Å²) in [7, 11) is 0. The van der Waals surface area contributed by atoms with E-state index in [0.29, 0.717) is 17.7 Å². The van der Waals surface area contributed by atoms with Gasteiger partial charge in [0.05, 0.1) is 10.6 Å². The highest BCUT2D eigenvalue weighted by Crippen LogP contribution is 2.28. The molecule has 77 valence electrons. The minimum absolute atomic E-state index is 0.124. The second-order valence-electron chi connectivity index (χ2n) is 2.78. The summed E-state index contributed by atoms with van der Waals surface area (Å²) in [5, 5.41) is 20.6. The van der Waals surface area contributed by atoms with Crippen LogP contribution >= 0.6 is 0 Å². The van der Waals surface area contributed by atoms with Gasteiger partial charge in [-0.3, -0.25) is 10.1 Å². The van der Waals surface area contributed by atoms with Gasteiger partial charge in [0.2, 0.25) is 5.52 Å². The quantitative estimate of drug-likeness (QED) is 0.603. The van der Waals surface area contributed by atoms with Crippen molar-refractivity contribution in [3.63, 3.8) is 0 Å². The Labute approximate surface area is 84.2 Å². The molecule has 0 spiro atoms. The lowest BCUT2D eigenvalue weighted by atomic mass is 10.2. The first-order valence-electron chi connectivity index (χ1n) is 4.17. The van der Waals surface area contributed by atoms with Gasteiger partial charge in [0.1, 0.15) is 0 Å². The maximum absolute atomic E-state index is 10.6. The third kappa shape index (κ3) is 1.47. The van der Waals surface area contributed by atoms with Gasteiger partial charge in [-0.25, -0.2) is 4.63 Å². The van der Waals surface area contributed by atoms with Crippen molar-refractivity contribution in [1.82, 2.24) is 10.3 Å². The average Bonchev–Trinajstić information content (AvgIpc) is 2.66. The molecule has 0 bridgehead atoms. The molecule has 0 fully saturated rings. The molecule has 1 radical (unpaired) electrons. The summed E-state index contributed by atoms with van der Waals surface area (Å²) in [6, 6.07) is 2.90. The Hall–Kier alpha value is -2.18. The maximum Gasteiger partial charge on any atom is 0.300 e. The Morgan fingerprint density at radius 2 is 2.20 bits per heavy atom. The van der Waals surface area contributed by atoms with Crippen LogP contribution in [0.4, 0.5) is 11.4 Å². The molecular weight excluding hydrogens is 200 g/mol. The molecule has 0 aliphatic heterocycles. The summed E-state index contributed by atoms with van der Waals surface area (Å²) in [6.07, 6.45) is 0. The van der Waals surface area contributed by atoms with E-state index in [0.717, 1.165) is 0 Å². The molecule has 1 heterocycles. The number of nitro groups is 1. The number of nitrogens with zero attached hydrogens (tertiary/aromatic N) is 3. The Morgan fingerprint density at radius 3 is 2.87 bits per heavy atom. The van der Waals surface area contributed by atoms with Crippen LogP contribution in [0.3, 0.4) is 0 Å². The molecule has 0 unspecified atom stereocenters. The predicted molar refractivity (Wildman–Crippen MR) is 52.3 cm³/mol. The Balaban J connectivity index is 2.65. The number of rotatable bonds is 3. The van der Waals surface area contributed by atoms with Gasteiger partial charge >= 0.3 is 5.69 Å². The van der Waals surface area contributed by atoms with E-state index in [2.05, 4.69) is 27.2 Å². The topological polar surface area (TPSA) is 94.1 Å². The van der Waals surface area contributed by atoms with Crippen molar-refractivity contribution in [2.75, 3.05) is 11.9 Å². The molecule has 0 aliphatic carbocycles. The molecule has 0 amide bonds. The maximum atomic E-state index is 10.6. The van der Waals surface area contributed by atoms with Crippen LogP contribution in [0.25, 0.3) is 11.0 Å². The summed E-state index contributed by atoms with van der Waals surface area (Å²) in [5.74, 6) is 0. The first-order valence-corrected chi connectivity index (χ1v) is 4.17. The highest BCUT2D eigenvalue weighted by Gasteiger charge is 2.18. The third-order valence-electron chi connectivity index (χ3n) is 1.91. The monoisotopic (exact) mass is 207 g/mol. The van der Waals surface area contributed by atoms with Crippen LogP contribution in [-0.2, 0) is 0 Å². The number of hydrogen-bond acceptors (Lipinski definition) is 6. The van der Waals surface area contributed by atoms with Crippen molar-refractivity contribution in [3.05, 3.63) is 29.2 Å². The molecule has 2 rings (SSSR count). The molecule has 1 aromatic carbocycles. The Kier molecular flexibility index (Phi) is 2.20. The number of aromatic nitrogens is 2. The van der Waals surface area contributed by atoms with Crippen molar-refractivity contribution in [1.29, 1.82) is 0 Å². The number of benzene rings is 1. The van der Waals surface area contributed by atoms with Crippen LogP contribution in [0.2, 0.25) is 0 Å². The standard InChI is InChI=1S/C8H7N4O3/c1-2-9-5-3-4-6(12(13)14)8-7(5)10-15-11-8/h3-4,9H,1-2H2. The second kappa shape index (κ2) is 3.52. The summed E-state index contributed by atoms with van der Waals surface area (Å²) in [4.78, 5) is 10.1. The van der Waals surface area contributed by atoms with Crippen LogP contribution in [0.1, 0.15) is 0 Å². The van der Waals surface area contributed by atoms with E-state index in [1.165, 1.54) is 6.07 Å². The zero-order chi connectivity index (χ0) is 10.8. The minimum Gasteiger partial charge on any atom is -0.383 e. The highest BCUT2D eigenvalue weighted by atomic mass is 16.6. The van der Waals surface area contributed by atoms with Crippen molar-refractivity contribution < 1.29 is 9.55 Å². The number of hydrogen-bond donors (Lipinski definition) is 1. The lowest BCUT2D eigenvalue weighted by Crippen LogP contribution is -1.98. The van der Waals surface area contributed by atoms with E-state index in [1.54, 1.807) is 6.07 Å². The number of non-ortho nitro benzene ring substituents is 1. The number of anilines is 1. The van der Waals surface area contributed by atoms with Crippen molar-refractivity contribution >= 4 is 22.4 Å². The Bertz CT molecular complexity index is 508. The minimum atomic E-state index is -0.527. The van der Waals surface area contributed by atoms with Crippen LogP contribution < -0.4 is 5.32 Å². The highest BCUT2D eigenvalue weighted by molar-refractivity contribution is 5.93. The molecule has 7 heteroatoms. The van der Waals surface area contributed by atoms with Gasteiger partial charge < -0.3 is 5.32 Å². The molecule has 2 aromatic rings. The van der Waals surface area contributed by atoms with E-state index < -0.39 is 4.92 Å². The molecule has 1 N–H and O–H groups in total. The molecule has 7 nitrogen and oxygen atoms in total. The van der Waals surface area contributed by atoms with Crippen LogP contribution in [0, 0.1) is 17.0 Å². The summed E-state index contributed by atoms with van der Waals surface area (Å²) in [6.45, 7) is 4.05. The van der Waals surface area contributed by atoms with E-state index in [1.807, 2.05) is 0 Å². The lowest BCUT2D eigenvalue weighted by Gasteiger charge is -2.01. The summed E-state index contributed by atoms with van der Waals surface area (Å²) in [5.41, 5.74) is 0.971. The van der Waals surface area contributed by atoms with E-state index >= 15 is 0 Å². The zero-order valence-corrected chi connectivity index (χ0v) is 7.64. The average molecular weight is 207 g/mol. The first-order chi connectivity index (χ1) is 7.24. The van der Waals surface area contributed by atoms with Gasteiger partial charge in [0.15, 0.2) is 5.52 Å². The third-order valence-corrected chi connectivity index (χ3v) is 1.91. The SMILES string of the molecule is [CH2]CNc1ccc([N+](=O)[O-])c2nonc12. The normalized spacial score (nSPS) is 10.5. The van der Waals surface area contributed by atoms with Crippen LogP contribution in [0.15, 0.2) is 16.8 Å². The smallest absolute Gasteiger partial charge is 0.300 e. The molecule has 0 saturated carbocycles. The van der Waals surface area contributed by atoms with E-state index in [4.69, 9.17) is 0 Å². The lowest BCUT2D eigenvalue weighted by molar-refractivity contribution is -0.383. The Morgan fingerprint density at radius 1 is 1.47 bits per heavy atom. The fourth-order valence-corrected chi connectivity index (χ4v) is 1.28. The first kappa shape index (κ1) is 9.38. The second-order valence-corrected chi connectivity index (χ2v) is 2.78. The van der Waals surface area contributed by atoms with Crippen molar-refractivity contribution in [2.45, 2.75) is 0 Å². The fourth-order valence-electron chi connectivity index (χ4n) is 1.28. The van der Waals surface area contributed by atoms with E-state index in [9.17, 15) is 10.1 Å². The van der Waals surface area contributed by atoms with E-state index in [-0.39, 0.29) is 11.2 Å². The number of nitro benzene ring substituents is 1. The molecule has 15 heavy (non-hydrogen) atoms. The van der Waals surface area contributed by atoms with Crippen LogP contribution in [-0.4, -0.2) is 21.8 Å². The summed E-state index contributed by atoms with van der Waals surface area (Å²) < 4.78 is 4.48. The zero-order valence-electron chi connectivity index (χ0n) is 7.64. The molecule has 0 saturated heterocycles. The number of nitrogens with one attached hydrogen (secondary N) is 1. The molecule has 0 atom stereocenters. The largest absolute Gasteiger partial charge is 0.383 e.